The lowest BCUT2D eigenvalue weighted by Gasteiger charge is -2.07. The predicted octanol–water partition coefficient (Wildman–Crippen LogP) is 11.2. The van der Waals surface area contributed by atoms with Gasteiger partial charge in [-0.2, -0.15) is 0 Å². The molecule has 0 saturated carbocycles. The maximum Gasteiger partial charge on any atom is 0.0187 e. The van der Waals surface area contributed by atoms with Crippen molar-refractivity contribution in [1.82, 2.24) is 0 Å². The van der Waals surface area contributed by atoms with E-state index in [2.05, 4.69) is 97.1 Å². The molecule has 160 valence electrons. The van der Waals surface area contributed by atoms with E-state index < -0.39 is 0 Å². The first-order chi connectivity index (χ1) is 15.8. The molecule has 8 bridgehead atoms. The van der Waals surface area contributed by atoms with Gasteiger partial charge in [-0.15, -0.1) is 0 Å². The second-order valence-corrected chi connectivity index (χ2v) is 15.7. The van der Waals surface area contributed by atoms with E-state index in [0.29, 0.717) is 0 Å². The fraction of sp³-hybridized carbons (Fsp3) is 0. The van der Waals surface area contributed by atoms with E-state index in [4.69, 9.17) is 0 Å². The molecule has 0 aromatic heterocycles. The van der Waals surface area contributed by atoms with Crippen LogP contribution in [-0.2, 0) is 0 Å². The molecule has 14 rings (SSSR count). The van der Waals surface area contributed by atoms with E-state index in [9.17, 15) is 0 Å². The lowest BCUT2D eigenvalue weighted by molar-refractivity contribution is 1.35. The normalized spacial score (nSPS) is 14.5. The maximum absolute atomic E-state index is 2.21. The summed E-state index contributed by atoms with van der Waals surface area (Å²) in [5.74, 6) is 0. The quantitative estimate of drug-likeness (QED) is 0.192. The minimum atomic E-state index is 1.27. The molecule has 32 heavy (non-hydrogen) atoms. The molecule has 0 unspecified atom stereocenters. The van der Waals surface area contributed by atoms with Gasteiger partial charge >= 0.3 is 0 Å². The summed E-state index contributed by atoms with van der Waals surface area (Å²) in [6.07, 6.45) is 0. The zero-order chi connectivity index (χ0) is 21.6. The lowest BCUT2D eigenvalue weighted by Crippen LogP contribution is -1.75. The number of hydrogen-bond acceptors (Lipinski definition) is 8. The van der Waals surface area contributed by atoms with Crippen molar-refractivity contribution in [1.29, 1.82) is 0 Å². The van der Waals surface area contributed by atoms with Gasteiger partial charge in [-0.05, 0) is 97.1 Å². The zero-order valence-electron chi connectivity index (χ0n) is 16.5. The highest BCUT2D eigenvalue weighted by Gasteiger charge is 2.05. The molecule has 8 heteroatoms. The highest BCUT2D eigenvalue weighted by molar-refractivity contribution is 8.77. The summed E-state index contributed by atoms with van der Waals surface area (Å²) < 4.78 is 0. The van der Waals surface area contributed by atoms with E-state index >= 15 is 0 Å². The summed E-state index contributed by atoms with van der Waals surface area (Å²) in [4.78, 5) is 10.2. The molecular formula is C24H16S8. The van der Waals surface area contributed by atoms with E-state index in [1.165, 1.54) is 39.2 Å². The average molecular weight is 561 g/mol. The SMILES string of the molecule is c1cc2ccc1SSc1ccc(cc1)SSc1ccc(cc1)SSc1ccc(cc1)SS2. The van der Waals surface area contributed by atoms with Crippen molar-refractivity contribution in [2.75, 3.05) is 0 Å². The molecule has 0 fully saturated rings. The minimum Gasteiger partial charge on any atom is -0.0526 e. The van der Waals surface area contributed by atoms with Gasteiger partial charge < -0.3 is 0 Å². The number of benzene rings is 4. The summed E-state index contributed by atoms with van der Waals surface area (Å²) in [7, 11) is 14.5. The van der Waals surface area contributed by atoms with Crippen LogP contribution in [-0.4, -0.2) is 0 Å². The van der Waals surface area contributed by atoms with Crippen LogP contribution < -0.4 is 0 Å². The monoisotopic (exact) mass is 560 g/mol. The van der Waals surface area contributed by atoms with Gasteiger partial charge in [0.05, 0.1) is 0 Å². The Kier molecular flexibility index (Phi) is 8.70. The van der Waals surface area contributed by atoms with Crippen LogP contribution >= 0.6 is 86.4 Å². The molecule has 4 aromatic rings. The largest absolute Gasteiger partial charge is 0.0526 e. The van der Waals surface area contributed by atoms with Crippen molar-refractivity contribution in [3.05, 3.63) is 97.1 Å². The van der Waals surface area contributed by atoms with Gasteiger partial charge in [0.25, 0.3) is 0 Å². The van der Waals surface area contributed by atoms with E-state index in [0.717, 1.165) is 0 Å². The maximum atomic E-state index is 2.21. The molecule has 10 heterocycles. The van der Waals surface area contributed by atoms with Crippen LogP contribution in [0.25, 0.3) is 0 Å². The van der Waals surface area contributed by atoms with Gasteiger partial charge in [-0.3, -0.25) is 0 Å². The molecule has 0 amide bonds. The van der Waals surface area contributed by atoms with Crippen LogP contribution in [0, 0.1) is 0 Å². The van der Waals surface area contributed by atoms with Crippen LogP contribution in [0.2, 0.25) is 0 Å². The Labute approximate surface area is 220 Å². The third-order valence-electron chi connectivity index (χ3n) is 4.23. The Bertz CT molecular complexity index is 859. The predicted molar refractivity (Wildman–Crippen MR) is 153 cm³/mol. The zero-order valence-corrected chi connectivity index (χ0v) is 23.0. The van der Waals surface area contributed by atoms with Gasteiger partial charge in [-0.1, -0.05) is 86.4 Å². The molecule has 0 N–H and O–H groups in total. The van der Waals surface area contributed by atoms with Crippen molar-refractivity contribution >= 4 is 86.4 Å². The molecule has 0 spiro atoms. The fourth-order valence-electron chi connectivity index (χ4n) is 2.59. The average Bonchev–Trinajstić information content (AvgIpc) is 2.86. The Morgan fingerprint density at radius 1 is 0.188 bits per heavy atom. The van der Waals surface area contributed by atoms with E-state index in [1.807, 2.05) is 0 Å². The first-order valence-electron chi connectivity index (χ1n) is 9.59. The summed E-state index contributed by atoms with van der Waals surface area (Å²) in [5.41, 5.74) is 0. The molecule has 4 aromatic carbocycles. The van der Waals surface area contributed by atoms with E-state index in [1.54, 1.807) is 86.4 Å². The lowest BCUT2D eigenvalue weighted by atomic mass is 10.4. The van der Waals surface area contributed by atoms with E-state index in [-0.39, 0.29) is 0 Å². The Balaban J connectivity index is 1.34. The molecule has 0 saturated heterocycles. The Morgan fingerprint density at radius 2 is 0.281 bits per heavy atom. The van der Waals surface area contributed by atoms with Gasteiger partial charge in [0, 0.05) is 39.2 Å². The molecule has 10 aliphatic rings. The fourth-order valence-corrected chi connectivity index (χ4v) is 10.3. The Hall–Kier alpha value is -0.320. The third-order valence-corrected chi connectivity index (χ3v) is 13.9. The first-order valence-corrected chi connectivity index (χ1v) is 18.2. The molecule has 10 aliphatic heterocycles. The van der Waals surface area contributed by atoms with Crippen LogP contribution in [0.4, 0.5) is 0 Å². The van der Waals surface area contributed by atoms with Crippen molar-refractivity contribution in [3.8, 4) is 0 Å². The van der Waals surface area contributed by atoms with Gasteiger partial charge in [-0.25, -0.2) is 0 Å². The van der Waals surface area contributed by atoms with Crippen LogP contribution in [0.3, 0.4) is 0 Å². The second-order valence-electron chi connectivity index (χ2n) is 6.55. The Morgan fingerprint density at radius 3 is 0.375 bits per heavy atom. The van der Waals surface area contributed by atoms with Crippen molar-refractivity contribution in [3.63, 3.8) is 0 Å². The molecular weight excluding hydrogens is 545 g/mol. The molecule has 0 nitrogen and oxygen atoms in total. The van der Waals surface area contributed by atoms with Crippen molar-refractivity contribution < 1.29 is 0 Å². The summed E-state index contributed by atoms with van der Waals surface area (Å²) in [5, 5.41) is 0. The van der Waals surface area contributed by atoms with Crippen molar-refractivity contribution in [2.24, 2.45) is 0 Å². The van der Waals surface area contributed by atoms with Crippen LogP contribution in [0.1, 0.15) is 0 Å². The van der Waals surface area contributed by atoms with Crippen LogP contribution in [0.5, 0.6) is 0 Å². The number of rotatable bonds is 0. The first kappa shape index (κ1) is 23.4. The standard InChI is InChI=1S/C24H16S8/c1-2-18-4-3-17(1)25-27-19-5-7-21(8-6-19)29-31-23-13-15-24(16-14-23)32-30-22-11-9-20(10-12-22)28-26-18/h1-16H. The highest BCUT2D eigenvalue weighted by Crippen LogP contribution is 2.44. The molecule has 0 radical (unpaired) electrons. The smallest absolute Gasteiger partial charge is 0.0187 e. The van der Waals surface area contributed by atoms with Crippen molar-refractivity contribution in [2.45, 2.75) is 39.2 Å². The van der Waals surface area contributed by atoms with Gasteiger partial charge in [0.15, 0.2) is 0 Å². The third kappa shape index (κ3) is 6.85. The minimum absolute atomic E-state index is 1.27. The summed E-state index contributed by atoms with van der Waals surface area (Å²) in [6, 6.07) is 35.4. The summed E-state index contributed by atoms with van der Waals surface area (Å²) >= 11 is 0. The molecule has 0 aliphatic carbocycles. The van der Waals surface area contributed by atoms with Gasteiger partial charge in [0.2, 0.25) is 0 Å². The second kappa shape index (κ2) is 11.9. The highest BCUT2D eigenvalue weighted by atomic mass is 33.1. The number of hydrogen-bond donors (Lipinski definition) is 0. The topological polar surface area (TPSA) is 0 Å². The molecule has 0 atom stereocenters. The summed E-state index contributed by atoms with van der Waals surface area (Å²) in [6.45, 7) is 0. The van der Waals surface area contributed by atoms with Gasteiger partial charge in [0.1, 0.15) is 0 Å². The van der Waals surface area contributed by atoms with Crippen LogP contribution in [0.15, 0.2) is 136 Å².